The molecule has 132 valence electrons. The van der Waals surface area contributed by atoms with Gasteiger partial charge in [-0.15, -0.1) is 0 Å². The van der Waals surface area contributed by atoms with E-state index < -0.39 is 48.3 Å². The van der Waals surface area contributed by atoms with Crippen LogP contribution in [0, 0.1) is 0 Å². The summed E-state index contributed by atoms with van der Waals surface area (Å²) in [6, 6.07) is 1.43. The summed E-state index contributed by atoms with van der Waals surface area (Å²) in [6.07, 6.45) is -5.57. The summed E-state index contributed by atoms with van der Waals surface area (Å²) in [7, 11) is 0. The largest absolute Gasteiger partial charge is 0.768 e. The van der Waals surface area contributed by atoms with Gasteiger partial charge in [-0.1, -0.05) is 0 Å². The lowest BCUT2D eigenvalue weighted by molar-refractivity contribution is -0.245. The number of nitrogens with one attached hydrogen (secondary N) is 1. The van der Waals surface area contributed by atoms with Crippen molar-refractivity contribution in [3.63, 3.8) is 0 Å². The first-order chi connectivity index (χ1) is 11.4. The molecule has 1 aliphatic heterocycles. The number of rotatable bonds is 4. The van der Waals surface area contributed by atoms with E-state index in [1.165, 1.54) is 12.1 Å². The maximum absolute atomic E-state index is 11.1. The Hall–Kier alpha value is -1.67. The molecule has 0 bridgehead atoms. The molecule has 1 aromatic carbocycles. The van der Waals surface area contributed by atoms with Crippen molar-refractivity contribution in [2.45, 2.75) is 35.5 Å². The molecule has 0 radical (unpaired) electrons. The van der Waals surface area contributed by atoms with Gasteiger partial charge >= 0.3 is 0 Å². The summed E-state index contributed by atoms with van der Waals surface area (Å²) in [4.78, 5) is -0.127. The van der Waals surface area contributed by atoms with Gasteiger partial charge in [-0.2, -0.15) is 0 Å². The van der Waals surface area contributed by atoms with Crippen LogP contribution in [0.5, 0.6) is 0 Å². The zero-order valence-corrected chi connectivity index (χ0v) is 12.8. The van der Waals surface area contributed by atoms with E-state index in [9.17, 15) is 24.1 Å². The van der Waals surface area contributed by atoms with Crippen LogP contribution < -0.4 is 5.32 Å². The van der Waals surface area contributed by atoms with Crippen LogP contribution in [0.4, 0.5) is 5.69 Å². The van der Waals surface area contributed by atoms with E-state index in [2.05, 4.69) is 20.3 Å². The van der Waals surface area contributed by atoms with Crippen LogP contribution in [0.3, 0.4) is 0 Å². The van der Waals surface area contributed by atoms with Crippen LogP contribution in [-0.4, -0.2) is 76.8 Å². The molecule has 0 saturated carbocycles. The number of anilines is 1. The molecule has 3 rings (SSSR count). The van der Waals surface area contributed by atoms with Gasteiger partial charge < -0.3 is 35.0 Å². The topological polar surface area (TPSA) is 181 Å². The number of fused-ring (bicyclic) bond motifs is 1. The van der Waals surface area contributed by atoms with Crippen LogP contribution in [0.2, 0.25) is 0 Å². The van der Waals surface area contributed by atoms with Gasteiger partial charge in [0.25, 0.3) is 0 Å². The first-order valence-electron chi connectivity index (χ1n) is 6.85. The number of benzene rings is 1. The fourth-order valence-electron chi connectivity index (χ4n) is 2.53. The average Bonchev–Trinajstić information content (AvgIpc) is 3.04. The average molecular weight is 360 g/mol. The molecular weight excluding hydrogens is 346 g/mol. The molecular formula is C12H14N3O8S-. The number of aliphatic hydroxyl groups is 4. The second-order valence-electron chi connectivity index (χ2n) is 5.21. The van der Waals surface area contributed by atoms with E-state index >= 15 is 0 Å². The molecule has 2 heterocycles. The van der Waals surface area contributed by atoms with Crippen molar-refractivity contribution in [2.75, 3.05) is 11.9 Å². The van der Waals surface area contributed by atoms with E-state index in [0.29, 0.717) is 0 Å². The Bertz CT molecular complexity index is 755. The quantitative estimate of drug-likeness (QED) is 0.369. The Morgan fingerprint density at radius 2 is 1.92 bits per heavy atom. The first-order valence-corrected chi connectivity index (χ1v) is 7.93. The maximum Gasteiger partial charge on any atom is 0.178 e. The van der Waals surface area contributed by atoms with Crippen molar-refractivity contribution in [3.8, 4) is 0 Å². The fraction of sp³-hybridized carbons (Fsp3) is 0.500. The molecule has 1 fully saturated rings. The van der Waals surface area contributed by atoms with Crippen LogP contribution in [-0.2, 0) is 15.8 Å². The summed E-state index contributed by atoms with van der Waals surface area (Å²) in [5, 5.41) is 48.8. The molecule has 11 nitrogen and oxygen atoms in total. The van der Waals surface area contributed by atoms with Crippen molar-refractivity contribution < 1.29 is 38.6 Å². The van der Waals surface area contributed by atoms with Crippen molar-refractivity contribution in [3.05, 3.63) is 12.1 Å². The van der Waals surface area contributed by atoms with E-state index in [1.54, 1.807) is 0 Å². The molecule has 2 aromatic rings. The third kappa shape index (κ3) is 2.88. The van der Waals surface area contributed by atoms with Crippen molar-refractivity contribution in [1.82, 2.24) is 10.3 Å². The second kappa shape index (κ2) is 6.68. The molecule has 6 atom stereocenters. The van der Waals surface area contributed by atoms with Gasteiger partial charge in [0, 0.05) is 0 Å². The number of hydrogen-bond acceptors (Lipinski definition) is 11. The Morgan fingerprint density at radius 1 is 1.21 bits per heavy atom. The molecule has 0 spiro atoms. The highest BCUT2D eigenvalue weighted by atomic mass is 32.2. The van der Waals surface area contributed by atoms with Gasteiger partial charge in [0.2, 0.25) is 0 Å². The van der Waals surface area contributed by atoms with Crippen LogP contribution in [0.25, 0.3) is 11.0 Å². The minimum absolute atomic E-state index is 0.0252. The standard InChI is InChI=1S/C12H15N3O8S/c16-3-5-10(17)11(18)9(12(19)22-5)13-4-1-2-6(24(20)21)8-7(4)14-23-15-8/h1-2,5,9-13,16-19H,3H2,(H,20,21)/p-1/t5?,9?,10-,11-,12?/m0/s1. The molecule has 1 aliphatic rings. The van der Waals surface area contributed by atoms with Gasteiger partial charge in [0.15, 0.2) is 17.3 Å². The lowest BCUT2D eigenvalue weighted by Crippen LogP contribution is -2.61. The second-order valence-corrected chi connectivity index (χ2v) is 6.12. The highest BCUT2D eigenvalue weighted by Gasteiger charge is 2.43. The third-order valence-electron chi connectivity index (χ3n) is 3.78. The molecule has 5 N–H and O–H groups in total. The summed E-state index contributed by atoms with van der Waals surface area (Å²) in [6.45, 7) is -0.580. The zero-order valence-electron chi connectivity index (χ0n) is 12.0. The predicted molar refractivity (Wildman–Crippen MR) is 76.4 cm³/mol. The van der Waals surface area contributed by atoms with Gasteiger partial charge in [-0.25, -0.2) is 4.63 Å². The highest BCUT2D eigenvalue weighted by Crippen LogP contribution is 2.29. The first kappa shape index (κ1) is 17.2. The normalized spacial score (nSPS) is 32.0. The summed E-state index contributed by atoms with van der Waals surface area (Å²) >= 11 is -2.55. The van der Waals surface area contributed by atoms with E-state index in [-0.39, 0.29) is 21.6 Å². The lowest BCUT2D eigenvalue weighted by atomic mass is 9.97. The molecule has 1 aromatic heterocycles. The molecule has 1 saturated heterocycles. The molecule has 0 amide bonds. The molecule has 12 heteroatoms. The monoisotopic (exact) mass is 360 g/mol. The summed E-state index contributed by atoms with van der Waals surface area (Å²) in [5.41, 5.74) is 0.250. The number of hydrogen-bond donors (Lipinski definition) is 5. The fourth-order valence-corrected chi connectivity index (χ4v) is 3.00. The number of aliphatic hydroxyl groups excluding tert-OH is 4. The third-order valence-corrected chi connectivity index (χ3v) is 4.47. The van der Waals surface area contributed by atoms with Crippen molar-refractivity contribution in [2.24, 2.45) is 0 Å². The summed E-state index contributed by atoms with van der Waals surface area (Å²) in [5.74, 6) is 0. The Labute approximate surface area is 137 Å². The van der Waals surface area contributed by atoms with Crippen molar-refractivity contribution >= 4 is 27.8 Å². The number of nitrogens with zero attached hydrogens (tertiary/aromatic N) is 2. The highest BCUT2D eigenvalue weighted by molar-refractivity contribution is 7.79. The van der Waals surface area contributed by atoms with E-state index in [0.717, 1.165) is 0 Å². The van der Waals surface area contributed by atoms with Crippen LogP contribution >= 0.6 is 0 Å². The van der Waals surface area contributed by atoms with Crippen LogP contribution in [0.1, 0.15) is 0 Å². The van der Waals surface area contributed by atoms with Gasteiger partial charge in [-0.3, -0.25) is 4.21 Å². The molecule has 24 heavy (non-hydrogen) atoms. The molecule has 4 unspecified atom stereocenters. The minimum Gasteiger partial charge on any atom is -0.768 e. The Kier molecular flexibility index (Phi) is 4.78. The SMILES string of the molecule is O=S([O-])c1ccc(NC2C(O)OC(CO)[C@H](O)[C@H]2O)c2nonc12. The summed E-state index contributed by atoms with van der Waals surface area (Å²) < 4.78 is 31.9. The predicted octanol–water partition coefficient (Wildman–Crippen LogP) is -2.33. The van der Waals surface area contributed by atoms with E-state index in [4.69, 9.17) is 9.84 Å². The smallest absolute Gasteiger partial charge is 0.178 e. The van der Waals surface area contributed by atoms with Gasteiger partial charge in [0.05, 0.1) is 17.2 Å². The van der Waals surface area contributed by atoms with Gasteiger partial charge in [0.1, 0.15) is 24.4 Å². The number of ether oxygens (including phenoxy) is 1. The Morgan fingerprint density at radius 3 is 2.58 bits per heavy atom. The van der Waals surface area contributed by atoms with Gasteiger partial charge in [-0.05, 0) is 33.5 Å². The van der Waals surface area contributed by atoms with Crippen molar-refractivity contribution in [1.29, 1.82) is 0 Å². The van der Waals surface area contributed by atoms with E-state index in [1.807, 2.05) is 0 Å². The zero-order chi connectivity index (χ0) is 17.4. The number of aromatic nitrogens is 2. The van der Waals surface area contributed by atoms with Crippen LogP contribution in [0.15, 0.2) is 21.7 Å². The maximum atomic E-state index is 11.1. The lowest BCUT2D eigenvalue weighted by Gasteiger charge is -2.40. The molecule has 0 aliphatic carbocycles. The minimum atomic E-state index is -2.55. The Balaban J connectivity index is 1.91.